The number of para-hydroxylation sites is 1. The van der Waals surface area contributed by atoms with Gasteiger partial charge in [-0.2, -0.15) is 17.5 Å². The lowest BCUT2D eigenvalue weighted by atomic mass is 10.1. The normalized spacial score (nSPS) is 13.6. The smallest absolute Gasteiger partial charge is 0.416 e. The first-order valence-corrected chi connectivity index (χ1v) is 12.3. The van der Waals surface area contributed by atoms with Crippen LogP contribution in [0.1, 0.15) is 16.7 Å². The molecule has 2 heterocycles. The lowest BCUT2D eigenvalue weighted by molar-refractivity contribution is -0.137. The summed E-state index contributed by atoms with van der Waals surface area (Å²) >= 11 is 0. The van der Waals surface area contributed by atoms with Gasteiger partial charge in [-0.25, -0.2) is 8.42 Å². The van der Waals surface area contributed by atoms with E-state index in [1.165, 1.54) is 10.4 Å². The zero-order chi connectivity index (χ0) is 24.6. The van der Waals surface area contributed by atoms with Crippen LogP contribution in [-0.4, -0.2) is 31.0 Å². The van der Waals surface area contributed by atoms with E-state index in [1.807, 2.05) is 30.5 Å². The lowest BCUT2D eigenvalue weighted by Gasteiger charge is -2.23. The van der Waals surface area contributed by atoms with Crippen LogP contribution in [0.2, 0.25) is 0 Å². The molecule has 0 saturated carbocycles. The van der Waals surface area contributed by atoms with Gasteiger partial charge < -0.3 is 14.5 Å². The molecule has 1 N–H and O–H groups in total. The number of aromatic nitrogens is 1. The standard InChI is InChI=1S/C25H21F3N2O4S/c26-25(27,28)19-4-3-5-20(13-19)35(31,32)30(15-17-8-9-23-24(12-17)34-16-33-23)11-10-18-14-29-22-7-2-1-6-21(18)22/h1-9,12-14,29H,10-11,15-16H2. The second-order valence-corrected chi connectivity index (χ2v) is 10.1. The lowest BCUT2D eigenvalue weighted by Crippen LogP contribution is -2.32. The Morgan fingerprint density at radius 1 is 0.943 bits per heavy atom. The summed E-state index contributed by atoms with van der Waals surface area (Å²) in [7, 11) is -4.25. The second kappa shape index (κ2) is 8.94. The molecule has 182 valence electrons. The van der Waals surface area contributed by atoms with Gasteiger partial charge in [0.15, 0.2) is 11.5 Å². The summed E-state index contributed by atoms with van der Waals surface area (Å²) in [5.74, 6) is 1.05. The Morgan fingerprint density at radius 2 is 1.74 bits per heavy atom. The molecule has 35 heavy (non-hydrogen) atoms. The van der Waals surface area contributed by atoms with Gasteiger partial charge in [-0.1, -0.05) is 30.3 Å². The number of nitrogens with one attached hydrogen (secondary N) is 1. The van der Waals surface area contributed by atoms with Crippen molar-refractivity contribution in [2.75, 3.05) is 13.3 Å². The van der Waals surface area contributed by atoms with Crippen LogP contribution >= 0.6 is 0 Å². The molecule has 0 amide bonds. The van der Waals surface area contributed by atoms with Crippen molar-refractivity contribution in [1.82, 2.24) is 9.29 Å². The molecule has 6 nitrogen and oxygen atoms in total. The molecule has 0 saturated heterocycles. The molecule has 5 rings (SSSR count). The molecule has 1 aromatic heterocycles. The molecule has 0 atom stereocenters. The molecule has 0 radical (unpaired) electrons. The first kappa shape index (κ1) is 23.3. The van der Waals surface area contributed by atoms with E-state index in [-0.39, 0.29) is 19.9 Å². The minimum atomic E-state index is -4.66. The van der Waals surface area contributed by atoms with Gasteiger partial charge in [0.2, 0.25) is 16.8 Å². The molecule has 0 fully saturated rings. The summed E-state index contributed by atoms with van der Waals surface area (Å²) in [6, 6.07) is 16.5. The highest BCUT2D eigenvalue weighted by Crippen LogP contribution is 2.34. The van der Waals surface area contributed by atoms with Crippen molar-refractivity contribution in [3.8, 4) is 11.5 Å². The molecule has 0 bridgehead atoms. The number of aromatic amines is 1. The highest BCUT2D eigenvalue weighted by atomic mass is 32.2. The fourth-order valence-electron chi connectivity index (χ4n) is 4.09. The van der Waals surface area contributed by atoms with Gasteiger partial charge in [0.1, 0.15) is 0 Å². The van der Waals surface area contributed by atoms with E-state index in [0.29, 0.717) is 29.5 Å². The van der Waals surface area contributed by atoms with E-state index in [4.69, 9.17) is 9.47 Å². The quantitative estimate of drug-likeness (QED) is 0.370. The van der Waals surface area contributed by atoms with Crippen LogP contribution in [0.15, 0.2) is 77.8 Å². The van der Waals surface area contributed by atoms with Crippen molar-refractivity contribution in [2.45, 2.75) is 24.0 Å². The molecule has 4 aromatic rings. The Kier molecular flexibility index (Phi) is 5.94. The van der Waals surface area contributed by atoms with E-state index < -0.39 is 26.7 Å². The van der Waals surface area contributed by atoms with Gasteiger partial charge in [-0.3, -0.25) is 0 Å². The number of alkyl halides is 3. The zero-order valence-corrected chi connectivity index (χ0v) is 19.2. The van der Waals surface area contributed by atoms with Crippen LogP contribution in [-0.2, 0) is 29.2 Å². The third-order valence-corrected chi connectivity index (χ3v) is 7.74. The highest BCUT2D eigenvalue weighted by molar-refractivity contribution is 7.89. The molecule has 0 aliphatic carbocycles. The minimum Gasteiger partial charge on any atom is -0.454 e. The van der Waals surface area contributed by atoms with Gasteiger partial charge in [0, 0.05) is 30.2 Å². The fraction of sp³-hybridized carbons (Fsp3) is 0.200. The van der Waals surface area contributed by atoms with Crippen LogP contribution in [0.3, 0.4) is 0 Å². The maximum absolute atomic E-state index is 13.6. The first-order chi connectivity index (χ1) is 16.7. The number of hydrogen-bond donors (Lipinski definition) is 1. The van der Waals surface area contributed by atoms with Gasteiger partial charge in [-0.15, -0.1) is 0 Å². The number of H-pyrrole nitrogens is 1. The Balaban J connectivity index is 1.48. The average molecular weight is 503 g/mol. The van der Waals surface area contributed by atoms with Gasteiger partial charge in [-0.05, 0) is 53.9 Å². The van der Waals surface area contributed by atoms with Crippen LogP contribution < -0.4 is 9.47 Å². The van der Waals surface area contributed by atoms with Crippen molar-refractivity contribution in [3.05, 3.63) is 89.6 Å². The average Bonchev–Trinajstić information content (AvgIpc) is 3.48. The summed E-state index contributed by atoms with van der Waals surface area (Å²) in [6.45, 7) is 0.0953. The monoisotopic (exact) mass is 502 g/mol. The molecule has 3 aromatic carbocycles. The maximum atomic E-state index is 13.6. The molecule has 0 spiro atoms. The number of nitrogens with zero attached hydrogens (tertiary/aromatic N) is 1. The molecule has 10 heteroatoms. The van der Waals surface area contributed by atoms with Crippen molar-refractivity contribution >= 4 is 20.9 Å². The summed E-state index contributed by atoms with van der Waals surface area (Å²) in [5, 5.41) is 0.965. The van der Waals surface area contributed by atoms with E-state index in [9.17, 15) is 21.6 Å². The van der Waals surface area contributed by atoms with Crippen LogP contribution in [0.25, 0.3) is 10.9 Å². The molecular weight excluding hydrogens is 481 g/mol. The van der Waals surface area contributed by atoms with Crippen molar-refractivity contribution in [1.29, 1.82) is 0 Å². The number of ether oxygens (including phenoxy) is 2. The molecule has 1 aliphatic heterocycles. The SMILES string of the molecule is O=S(=O)(c1cccc(C(F)(F)F)c1)N(CCc1c[nH]c2ccccc12)Cc1ccc2c(c1)OCO2. The highest BCUT2D eigenvalue weighted by Gasteiger charge is 2.33. The number of sulfonamides is 1. The number of rotatable bonds is 7. The summed E-state index contributed by atoms with van der Waals surface area (Å²) < 4.78 is 78.9. The first-order valence-electron chi connectivity index (χ1n) is 10.8. The topological polar surface area (TPSA) is 71.6 Å². The van der Waals surface area contributed by atoms with Crippen molar-refractivity contribution in [2.24, 2.45) is 0 Å². The zero-order valence-electron chi connectivity index (χ0n) is 18.4. The van der Waals surface area contributed by atoms with Gasteiger partial charge in [0.05, 0.1) is 10.5 Å². The third kappa shape index (κ3) is 4.71. The summed E-state index contributed by atoms with van der Waals surface area (Å²) in [4.78, 5) is 2.75. The Hall–Kier alpha value is -3.50. The second-order valence-electron chi connectivity index (χ2n) is 8.16. The predicted octanol–water partition coefficient (Wildman–Crippen LogP) is 5.35. The fourth-order valence-corrected chi connectivity index (χ4v) is 5.57. The molecular formula is C25H21F3N2O4S. The van der Waals surface area contributed by atoms with Gasteiger partial charge >= 0.3 is 6.18 Å². The number of fused-ring (bicyclic) bond motifs is 2. The number of hydrogen-bond acceptors (Lipinski definition) is 4. The largest absolute Gasteiger partial charge is 0.454 e. The predicted molar refractivity (Wildman–Crippen MR) is 124 cm³/mol. The number of halogens is 3. The number of benzene rings is 3. The minimum absolute atomic E-state index is 0.0441. The van der Waals surface area contributed by atoms with Crippen molar-refractivity contribution in [3.63, 3.8) is 0 Å². The van der Waals surface area contributed by atoms with Crippen molar-refractivity contribution < 1.29 is 31.1 Å². The maximum Gasteiger partial charge on any atom is 0.416 e. The summed E-state index contributed by atoms with van der Waals surface area (Å²) in [6.07, 6.45) is -2.47. The van der Waals surface area contributed by atoms with E-state index >= 15 is 0 Å². The Morgan fingerprint density at radius 3 is 2.57 bits per heavy atom. The summed E-state index contributed by atoms with van der Waals surface area (Å²) in [5.41, 5.74) is 1.45. The third-order valence-electron chi connectivity index (χ3n) is 5.90. The van der Waals surface area contributed by atoms with Crippen LogP contribution in [0, 0.1) is 0 Å². The Bertz CT molecular complexity index is 1480. The van der Waals surface area contributed by atoms with E-state index in [0.717, 1.165) is 28.6 Å². The Labute approximate surface area is 199 Å². The van der Waals surface area contributed by atoms with Crippen LogP contribution in [0.4, 0.5) is 13.2 Å². The van der Waals surface area contributed by atoms with E-state index in [2.05, 4.69) is 4.98 Å². The van der Waals surface area contributed by atoms with E-state index in [1.54, 1.807) is 18.2 Å². The van der Waals surface area contributed by atoms with Crippen LogP contribution in [0.5, 0.6) is 11.5 Å². The molecule has 0 unspecified atom stereocenters. The van der Waals surface area contributed by atoms with Gasteiger partial charge in [0.25, 0.3) is 0 Å². The molecule has 1 aliphatic rings.